The van der Waals surface area contributed by atoms with E-state index in [1.807, 2.05) is 0 Å². The molecule has 0 aliphatic rings. The number of halogens is 2. The van der Waals surface area contributed by atoms with Crippen molar-refractivity contribution in [1.29, 1.82) is 0 Å². The Morgan fingerprint density at radius 2 is 0.542 bits per heavy atom. The molecule has 0 aromatic rings. The van der Waals surface area contributed by atoms with Gasteiger partial charge in [-0.25, -0.2) is 0 Å². The molecule has 138 valence electrons. The van der Waals surface area contributed by atoms with Crippen LogP contribution in [0.25, 0.3) is 22.9 Å². The summed E-state index contributed by atoms with van der Waals surface area (Å²) in [5.74, 6) is -1.98. The summed E-state index contributed by atoms with van der Waals surface area (Å²) in [6.45, 7) is 6.65. The second kappa shape index (κ2) is 43.3. The zero-order valence-corrected chi connectivity index (χ0v) is 19.1. The standard InChI is InChI=1S/4C3H7NO.2FH.2Zr/c4*1-2-3(4)5;;;;/h4*2H2,1H3,(H2,4,5);2*1H;;/q;;;;;;2*+3/p-6. The van der Waals surface area contributed by atoms with Crippen molar-refractivity contribution < 1.29 is 81.0 Å². The van der Waals surface area contributed by atoms with E-state index in [9.17, 15) is 19.2 Å². The average Bonchev–Trinajstić information content (AvgIpc) is 2.40. The molecule has 0 heterocycles. The van der Waals surface area contributed by atoms with Crippen LogP contribution in [0.1, 0.15) is 53.4 Å². The van der Waals surface area contributed by atoms with Gasteiger partial charge in [-0.2, -0.15) is 0 Å². The molecule has 0 bridgehead atoms. The van der Waals surface area contributed by atoms with Gasteiger partial charge in [-0.15, -0.1) is 0 Å². The van der Waals surface area contributed by atoms with Crippen molar-refractivity contribution in [1.82, 2.24) is 0 Å². The van der Waals surface area contributed by atoms with Crippen molar-refractivity contribution in [3.63, 3.8) is 0 Å². The van der Waals surface area contributed by atoms with Gasteiger partial charge in [0.15, 0.2) is 0 Å². The zero-order valence-electron chi connectivity index (χ0n) is 14.2. The number of hydrogen-bond donors (Lipinski definition) is 0. The molecule has 24 heavy (non-hydrogen) atoms. The fourth-order valence-electron chi connectivity index (χ4n) is 0. The summed E-state index contributed by atoms with van der Waals surface area (Å²) in [4.78, 5) is 37.9. The van der Waals surface area contributed by atoms with Gasteiger partial charge in [-0.3, -0.25) is 0 Å². The first kappa shape index (κ1) is 49.5. The van der Waals surface area contributed by atoms with Gasteiger partial charge >= 0.3 is 52.4 Å². The number of nitrogens with one attached hydrogen (secondary N) is 4. The van der Waals surface area contributed by atoms with Gasteiger partial charge in [-0.05, 0) is 25.7 Å². The fraction of sp³-hybridized carbons (Fsp3) is 0.667. The maximum absolute atomic E-state index is 9.48. The number of amides is 4. The molecule has 4 N–H and O–H groups in total. The van der Waals surface area contributed by atoms with E-state index in [1.165, 1.54) is 0 Å². The molecule has 0 saturated carbocycles. The van der Waals surface area contributed by atoms with E-state index in [-0.39, 0.29) is 61.8 Å². The summed E-state index contributed by atoms with van der Waals surface area (Å²) in [7, 11) is 0. The Morgan fingerprint density at radius 3 is 0.542 bits per heavy atom. The van der Waals surface area contributed by atoms with Crippen molar-refractivity contribution in [2.24, 2.45) is 0 Å². The Morgan fingerprint density at radius 1 is 0.500 bits per heavy atom. The maximum Gasteiger partial charge on any atom is 3.00 e. The van der Waals surface area contributed by atoms with Gasteiger partial charge in [0.1, 0.15) is 0 Å². The van der Waals surface area contributed by atoms with E-state index >= 15 is 0 Å². The first-order valence-corrected chi connectivity index (χ1v) is 6.06. The molecule has 0 saturated heterocycles. The molecular formula is C12H24F2N4O4Zr2. The number of rotatable bonds is 4. The summed E-state index contributed by atoms with van der Waals surface area (Å²) in [6.07, 6.45) is 1.33. The van der Waals surface area contributed by atoms with Crippen LogP contribution in [0.3, 0.4) is 0 Å². The molecule has 4 amide bonds. The van der Waals surface area contributed by atoms with Gasteiger partial charge in [0.25, 0.3) is 0 Å². The van der Waals surface area contributed by atoms with Crippen LogP contribution < -0.4 is 9.41 Å². The first-order chi connectivity index (χ1) is 9.08. The van der Waals surface area contributed by atoms with Gasteiger partial charge < -0.3 is 51.5 Å². The summed E-state index contributed by atoms with van der Waals surface area (Å²) in [5, 5.41) is 0. The van der Waals surface area contributed by atoms with Crippen molar-refractivity contribution in [2.75, 3.05) is 0 Å². The molecule has 0 rings (SSSR count). The van der Waals surface area contributed by atoms with Crippen molar-refractivity contribution >= 4 is 23.6 Å². The SMILES string of the molecule is CCC([NH-])=O.CCC([NH-])=O.CCC([NH-])=O.CCC([NH-])=O.[F-].[F-].[Zr+3].[Zr+3]. The maximum atomic E-state index is 9.48. The van der Waals surface area contributed by atoms with Gasteiger partial charge in [0.2, 0.25) is 0 Å². The Labute approximate surface area is 180 Å². The quantitative estimate of drug-likeness (QED) is 0.425. The van der Waals surface area contributed by atoms with Crippen LogP contribution >= 0.6 is 0 Å². The van der Waals surface area contributed by atoms with Crippen LogP contribution in [0.4, 0.5) is 0 Å². The van der Waals surface area contributed by atoms with Gasteiger partial charge in [0, 0.05) is 23.6 Å². The van der Waals surface area contributed by atoms with E-state index in [2.05, 4.69) is 0 Å². The summed E-state index contributed by atoms with van der Waals surface area (Å²) in [5.41, 5.74) is 24.8. The molecule has 0 aromatic carbocycles. The monoisotopic (exact) mass is 506 g/mol. The van der Waals surface area contributed by atoms with Gasteiger partial charge in [0.05, 0.1) is 0 Å². The molecule has 0 spiro atoms. The van der Waals surface area contributed by atoms with Crippen LogP contribution in [-0.4, -0.2) is 23.6 Å². The van der Waals surface area contributed by atoms with E-state index < -0.39 is 23.6 Å². The second-order valence-electron chi connectivity index (χ2n) is 3.11. The minimum Gasteiger partial charge on any atom is -1.00 e. The molecular weight excluding hydrogens is 485 g/mol. The summed E-state index contributed by atoms with van der Waals surface area (Å²) >= 11 is 0. The molecule has 0 atom stereocenters. The van der Waals surface area contributed by atoms with Crippen LogP contribution in [0.15, 0.2) is 0 Å². The summed E-state index contributed by atoms with van der Waals surface area (Å²) < 4.78 is 0. The Bertz CT molecular complexity index is 244. The molecule has 8 nitrogen and oxygen atoms in total. The van der Waals surface area contributed by atoms with Crippen molar-refractivity contribution in [3.8, 4) is 0 Å². The minimum atomic E-state index is -0.495. The zero-order chi connectivity index (χ0) is 17.1. The van der Waals surface area contributed by atoms with Gasteiger partial charge in [-0.1, -0.05) is 27.7 Å². The molecule has 0 fully saturated rings. The normalized spacial score (nSPS) is 6.17. The third-order valence-corrected chi connectivity index (χ3v) is 1.28. The molecule has 0 aromatic heterocycles. The predicted octanol–water partition coefficient (Wildman–Crippen LogP) is -2.10. The molecule has 12 heteroatoms. The third-order valence-electron chi connectivity index (χ3n) is 1.28. The number of hydrogen-bond acceptors (Lipinski definition) is 4. The number of carbonyl (C=O) groups excluding carboxylic acids is 4. The molecule has 0 aliphatic heterocycles. The fourth-order valence-corrected chi connectivity index (χ4v) is 0. The summed E-state index contributed by atoms with van der Waals surface area (Å²) in [6, 6.07) is 0. The molecule has 2 radical (unpaired) electrons. The van der Waals surface area contributed by atoms with Crippen LogP contribution in [0, 0.1) is 0 Å². The predicted molar refractivity (Wildman–Crippen MR) is 78.5 cm³/mol. The van der Waals surface area contributed by atoms with Crippen molar-refractivity contribution in [2.45, 2.75) is 53.4 Å². The van der Waals surface area contributed by atoms with Crippen LogP contribution in [-0.2, 0) is 71.6 Å². The largest absolute Gasteiger partial charge is 3.00 e. The van der Waals surface area contributed by atoms with E-state index in [4.69, 9.17) is 22.9 Å². The third kappa shape index (κ3) is 161. The van der Waals surface area contributed by atoms with E-state index in [0.717, 1.165) is 0 Å². The molecule has 0 aliphatic carbocycles. The smallest absolute Gasteiger partial charge is 1.00 e. The first-order valence-electron chi connectivity index (χ1n) is 6.06. The second-order valence-corrected chi connectivity index (χ2v) is 3.11. The average molecular weight is 509 g/mol. The number of carbonyl (C=O) groups is 4. The Kier molecular flexibility index (Phi) is 89.3. The Balaban J connectivity index is -0.0000000225. The van der Waals surface area contributed by atoms with E-state index in [1.54, 1.807) is 27.7 Å². The minimum absolute atomic E-state index is 0. The van der Waals surface area contributed by atoms with Crippen LogP contribution in [0.5, 0.6) is 0 Å². The van der Waals surface area contributed by atoms with Crippen LogP contribution in [0.2, 0.25) is 0 Å². The van der Waals surface area contributed by atoms with E-state index in [0.29, 0.717) is 25.7 Å². The molecule has 0 unspecified atom stereocenters. The van der Waals surface area contributed by atoms with Crippen molar-refractivity contribution in [3.05, 3.63) is 22.9 Å². The topological polar surface area (TPSA) is 163 Å². The Hall–Kier alpha value is -0.494.